The quantitative estimate of drug-likeness (QED) is 0.849. The van der Waals surface area contributed by atoms with Crippen LogP contribution in [0.3, 0.4) is 0 Å². The molecule has 0 saturated carbocycles. The summed E-state index contributed by atoms with van der Waals surface area (Å²) in [6.07, 6.45) is 0. The van der Waals surface area contributed by atoms with Crippen LogP contribution in [0.2, 0.25) is 5.02 Å². The van der Waals surface area contributed by atoms with Gasteiger partial charge in [0.2, 0.25) is 0 Å². The van der Waals surface area contributed by atoms with E-state index in [1.807, 2.05) is 24.3 Å². The Balaban J connectivity index is 2.14. The predicted molar refractivity (Wildman–Crippen MR) is 85.8 cm³/mol. The van der Waals surface area contributed by atoms with Crippen molar-refractivity contribution in [1.82, 2.24) is 4.90 Å². The lowest BCUT2D eigenvalue weighted by Crippen LogP contribution is -2.26. The van der Waals surface area contributed by atoms with E-state index in [9.17, 15) is 4.79 Å². The second-order valence-corrected chi connectivity index (χ2v) is 5.82. The zero-order valence-corrected chi connectivity index (χ0v) is 13.3. The number of anilines is 1. The van der Waals surface area contributed by atoms with E-state index < -0.39 is 0 Å². The summed E-state index contributed by atoms with van der Waals surface area (Å²) < 4.78 is 0.784. The highest BCUT2D eigenvalue weighted by atomic mass is 79.9. The number of hydrogen-bond donors (Lipinski definition) is 1. The van der Waals surface area contributed by atoms with Gasteiger partial charge in [-0.15, -0.1) is 0 Å². The van der Waals surface area contributed by atoms with Gasteiger partial charge in [0.25, 0.3) is 5.91 Å². The first kappa shape index (κ1) is 14.9. The second kappa shape index (κ2) is 6.29. The molecular weight excluding hydrogens is 340 g/mol. The molecule has 0 aliphatic heterocycles. The number of amides is 1. The third-order valence-electron chi connectivity index (χ3n) is 2.90. The third kappa shape index (κ3) is 3.52. The van der Waals surface area contributed by atoms with E-state index in [0.717, 1.165) is 10.0 Å². The van der Waals surface area contributed by atoms with Gasteiger partial charge in [-0.05, 0) is 51.8 Å². The van der Waals surface area contributed by atoms with Crippen molar-refractivity contribution < 1.29 is 4.79 Å². The lowest BCUT2D eigenvalue weighted by molar-refractivity contribution is 0.0785. The zero-order chi connectivity index (χ0) is 14.7. The number of rotatable bonds is 3. The standard InChI is InChI=1S/C15H14BrClN2O/c1-19(9-10-3-2-4-12(17)7-10)15(20)11-5-6-13(16)14(18)8-11/h2-8H,9,18H2,1H3. The molecule has 2 aromatic carbocycles. The van der Waals surface area contributed by atoms with Gasteiger partial charge in [0, 0.05) is 34.3 Å². The molecule has 20 heavy (non-hydrogen) atoms. The van der Waals surface area contributed by atoms with Gasteiger partial charge in [-0.3, -0.25) is 4.79 Å². The Bertz CT molecular complexity index is 646. The summed E-state index contributed by atoms with van der Waals surface area (Å²) in [6, 6.07) is 12.6. The van der Waals surface area contributed by atoms with Crippen LogP contribution >= 0.6 is 27.5 Å². The Kier molecular flexibility index (Phi) is 4.68. The van der Waals surface area contributed by atoms with Crippen LogP contribution in [0.4, 0.5) is 5.69 Å². The lowest BCUT2D eigenvalue weighted by atomic mass is 10.1. The molecule has 2 rings (SSSR count). The van der Waals surface area contributed by atoms with E-state index in [-0.39, 0.29) is 5.91 Å². The molecule has 0 spiro atoms. The Morgan fingerprint density at radius 3 is 2.70 bits per heavy atom. The fraction of sp³-hybridized carbons (Fsp3) is 0.133. The summed E-state index contributed by atoms with van der Waals surface area (Å²) >= 11 is 9.25. The summed E-state index contributed by atoms with van der Waals surface area (Å²) in [7, 11) is 1.75. The van der Waals surface area contributed by atoms with Crippen molar-refractivity contribution in [1.29, 1.82) is 0 Å². The van der Waals surface area contributed by atoms with Crippen LogP contribution in [0, 0.1) is 0 Å². The van der Waals surface area contributed by atoms with Crippen LogP contribution < -0.4 is 5.73 Å². The summed E-state index contributed by atoms with van der Waals surface area (Å²) in [6.45, 7) is 0.495. The first-order chi connectivity index (χ1) is 9.47. The molecule has 0 fully saturated rings. The van der Waals surface area contributed by atoms with Crippen LogP contribution in [-0.2, 0) is 6.54 Å². The molecule has 0 unspecified atom stereocenters. The summed E-state index contributed by atoms with van der Waals surface area (Å²) in [5, 5.41) is 0.663. The number of nitrogens with zero attached hydrogens (tertiary/aromatic N) is 1. The zero-order valence-electron chi connectivity index (χ0n) is 10.9. The summed E-state index contributed by atoms with van der Waals surface area (Å²) in [5.74, 6) is -0.0795. The minimum Gasteiger partial charge on any atom is -0.398 e. The highest BCUT2D eigenvalue weighted by Gasteiger charge is 2.13. The number of carbonyl (C=O) groups excluding carboxylic acids is 1. The van der Waals surface area contributed by atoms with Crippen LogP contribution in [0.1, 0.15) is 15.9 Å². The molecule has 104 valence electrons. The number of benzene rings is 2. The van der Waals surface area contributed by atoms with Gasteiger partial charge < -0.3 is 10.6 Å². The maximum Gasteiger partial charge on any atom is 0.253 e. The van der Waals surface area contributed by atoms with E-state index in [0.29, 0.717) is 22.8 Å². The maximum atomic E-state index is 12.3. The number of hydrogen-bond acceptors (Lipinski definition) is 2. The lowest BCUT2D eigenvalue weighted by Gasteiger charge is -2.18. The van der Waals surface area contributed by atoms with Crippen molar-refractivity contribution >= 4 is 39.1 Å². The van der Waals surface area contributed by atoms with Crippen molar-refractivity contribution in [3.8, 4) is 0 Å². The number of nitrogens with two attached hydrogens (primary N) is 1. The Morgan fingerprint density at radius 2 is 2.05 bits per heavy atom. The van der Waals surface area contributed by atoms with Crippen LogP contribution in [0.15, 0.2) is 46.9 Å². The molecule has 0 aliphatic rings. The number of nitrogen functional groups attached to an aromatic ring is 1. The topological polar surface area (TPSA) is 46.3 Å². The first-order valence-corrected chi connectivity index (χ1v) is 7.19. The highest BCUT2D eigenvalue weighted by molar-refractivity contribution is 9.10. The molecule has 2 aromatic rings. The summed E-state index contributed by atoms with van der Waals surface area (Å²) in [5.41, 5.74) is 7.89. The fourth-order valence-electron chi connectivity index (χ4n) is 1.88. The molecule has 0 aliphatic carbocycles. The maximum absolute atomic E-state index is 12.3. The Labute approximate surface area is 131 Å². The third-order valence-corrected chi connectivity index (χ3v) is 3.86. The van der Waals surface area contributed by atoms with E-state index >= 15 is 0 Å². The number of halogens is 2. The Hall–Kier alpha value is -1.52. The van der Waals surface area contributed by atoms with E-state index in [1.54, 1.807) is 30.1 Å². The summed E-state index contributed by atoms with van der Waals surface area (Å²) in [4.78, 5) is 14.0. The molecule has 0 radical (unpaired) electrons. The predicted octanol–water partition coefficient (Wildman–Crippen LogP) is 3.96. The van der Waals surface area contributed by atoms with Crippen molar-refractivity contribution in [2.45, 2.75) is 6.54 Å². The average Bonchev–Trinajstić information content (AvgIpc) is 2.41. The number of carbonyl (C=O) groups is 1. The average molecular weight is 354 g/mol. The van der Waals surface area contributed by atoms with Crippen LogP contribution in [0.5, 0.6) is 0 Å². The molecule has 0 aromatic heterocycles. The van der Waals surface area contributed by atoms with Gasteiger partial charge >= 0.3 is 0 Å². The molecule has 0 atom stereocenters. The second-order valence-electron chi connectivity index (χ2n) is 4.53. The molecule has 1 amide bonds. The minimum absolute atomic E-state index is 0.0795. The van der Waals surface area contributed by atoms with E-state index in [1.165, 1.54) is 0 Å². The smallest absolute Gasteiger partial charge is 0.253 e. The van der Waals surface area contributed by atoms with Gasteiger partial charge in [-0.25, -0.2) is 0 Å². The molecule has 0 saturated heterocycles. The largest absolute Gasteiger partial charge is 0.398 e. The van der Waals surface area contributed by atoms with Crippen molar-refractivity contribution in [2.24, 2.45) is 0 Å². The fourth-order valence-corrected chi connectivity index (χ4v) is 2.34. The first-order valence-electron chi connectivity index (χ1n) is 6.02. The molecule has 5 heteroatoms. The van der Waals surface area contributed by atoms with Gasteiger partial charge in [0.05, 0.1) is 0 Å². The highest BCUT2D eigenvalue weighted by Crippen LogP contribution is 2.21. The van der Waals surface area contributed by atoms with Gasteiger partial charge in [0.15, 0.2) is 0 Å². The van der Waals surface area contributed by atoms with Crippen molar-refractivity contribution in [3.63, 3.8) is 0 Å². The van der Waals surface area contributed by atoms with Crippen LogP contribution in [0.25, 0.3) is 0 Å². The van der Waals surface area contributed by atoms with Gasteiger partial charge in [-0.2, -0.15) is 0 Å². The SMILES string of the molecule is CN(Cc1cccc(Cl)c1)C(=O)c1ccc(Br)c(N)c1. The van der Waals surface area contributed by atoms with Crippen molar-refractivity contribution in [3.05, 3.63) is 63.1 Å². The Morgan fingerprint density at radius 1 is 1.30 bits per heavy atom. The normalized spacial score (nSPS) is 10.3. The molecule has 0 bridgehead atoms. The van der Waals surface area contributed by atoms with Crippen molar-refractivity contribution in [2.75, 3.05) is 12.8 Å². The molecular formula is C15H14BrClN2O. The van der Waals surface area contributed by atoms with E-state index in [4.69, 9.17) is 17.3 Å². The minimum atomic E-state index is -0.0795. The monoisotopic (exact) mass is 352 g/mol. The van der Waals surface area contributed by atoms with Gasteiger partial charge in [0.1, 0.15) is 0 Å². The van der Waals surface area contributed by atoms with Gasteiger partial charge in [-0.1, -0.05) is 23.7 Å². The molecule has 3 nitrogen and oxygen atoms in total. The van der Waals surface area contributed by atoms with E-state index in [2.05, 4.69) is 15.9 Å². The molecule has 2 N–H and O–H groups in total. The molecule has 0 heterocycles. The van der Waals surface area contributed by atoms with Crippen LogP contribution in [-0.4, -0.2) is 17.9 Å².